The fraction of sp³-hybridized carbons (Fsp3) is 0.316. The first-order valence-electron chi connectivity index (χ1n) is 8.92. The molecule has 1 fully saturated rings. The van der Waals surface area contributed by atoms with Gasteiger partial charge in [0.05, 0.1) is 17.3 Å². The molecule has 1 aliphatic rings. The Kier molecular flexibility index (Phi) is 5.34. The van der Waals surface area contributed by atoms with Crippen LogP contribution in [0, 0.1) is 0 Å². The number of carbonyl (C=O) groups is 1. The Bertz CT molecular complexity index is 1130. The minimum Gasteiger partial charge on any atom is -0.376 e. The Labute approximate surface area is 169 Å². The van der Waals surface area contributed by atoms with Gasteiger partial charge in [0.2, 0.25) is 5.91 Å². The van der Waals surface area contributed by atoms with Crippen molar-refractivity contribution in [2.75, 3.05) is 13.2 Å². The highest BCUT2D eigenvalue weighted by atomic mass is 35.5. The van der Waals surface area contributed by atoms with Gasteiger partial charge in [-0.15, -0.1) is 11.3 Å². The van der Waals surface area contributed by atoms with Crippen molar-refractivity contribution in [3.05, 3.63) is 61.6 Å². The number of hydrogen-bond acceptors (Lipinski definition) is 5. The van der Waals surface area contributed by atoms with Crippen molar-refractivity contribution >= 4 is 39.1 Å². The van der Waals surface area contributed by atoms with Crippen molar-refractivity contribution in [3.63, 3.8) is 0 Å². The summed E-state index contributed by atoms with van der Waals surface area (Å²) in [7, 11) is 0. The van der Waals surface area contributed by atoms with Crippen molar-refractivity contribution in [2.45, 2.75) is 25.5 Å². The Morgan fingerprint density at radius 3 is 2.75 bits per heavy atom. The van der Waals surface area contributed by atoms with Gasteiger partial charge >= 0.3 is 5.69 Å². The summed E-state index contributed by atoms with van der Waals surface area (Å²) in [4.78, 5) is 38.4. The number of amides is 1. The molecule has 0 radical (unpaired) electrons. The molecule has 1 atom stereocenters. The van der Waals surface area contributed by atoms with E-state index < -0.39 is 11.2 Å². The van der Waals surface area contributed by atoms with Gasteiger partial charge in [0.15, 0.2) is 0 Å². The lowest BCUT2D eigenvalue weighted by Crippen LogP contribution is -2.42. The van der Waals surface area contributed by atoms with E-state index in [1.54, 1.807) is 35.7 Å². The zero-order chi connectivity index (χ0) is 19.7. The number of fused-ring (bicyclic) bond motifs is 1. The fourth-order valence-electron chi connectivity index (χ4n) is 3.29. The normalized spacial score (nSPS) is 16.5. The smallest absolute Gasteiger partial charge is 0.336 e. The molecule has 1 saturated heterocycles. The highest BCUT2D eigenvalue weighted by molar-refractivity contribution is 7.17. The van der Waals surface area contributed by atoms with Gasteiger partial charge in [-0.3, -0.25) is 14.2 Å². The topological polar surface area (TPSA) is 82.3 Å². The number of ether oxygens (including phenoxy) is 1. The SMILES string of the molecule is O=C(Cn1c(=O)n(-c2ccc(Cl)cc2)c(=O)c2sccc21)NCC1CCCO1. The van der Waals surface area contributed by atoms with Crippen molar-refractivity contribution in [1.82, 2.24) is 14.5 Å². The Morgan fingerprint density at radius 2 is 2.04 bits per heavy atom. The van der Waals surface area contributed by atoms with Crippen LogP contribution >= 0.6 is 22.9 Å². The molecule has 0 aliphatic carbocycles. The van der Waals surface area contributed by atoms with Gasteiger partial charge in [0.1, 0.15) is 11.2 Å². The molecule has 2 aromatic heterocycles. The van der Waals surface area contributed by atoms with Crippen molar-refractivity contribution in [1.29, 1.82) is 0 Å². The predicted octanol–water partition coefficient (Wildman–Crippen LogP) is 2.16. The second kappa shape index (κ2) is 7.90. The number of carbonyl (C=O) groups excluding carboxylic acids is 1. The van der Waals surface area contributed by atoms with Gasteiger partial charge in [-0.1, -0.05) is 11.6 Å². The van der Waals surface area contributed by atoms with Crippen LogP contribution in [0.5, 0.6) is 0 Å². The van der Waals surface area contributed by atoms with Gasteiger partial charge in [-0.05, 0) is 48.6 Å². The summed E-state index contributed by atoms with van der Waals surface area (Å²) in [5, 5.41) is 5.05. The summed E-state index contributed by atoms with van der Waals surface area (Å²) in [6.07, 6.45) is 1.92. The van der Waals surface area contributed by atoms with E-state index >= 15 is 0 Å². The zero-order valence-corrected chi connectivity index (χ0v) is 16.5. The number of hydrogen-bond donors (Lipinski definition) is 1. The number of thiophene rings is 1. The largest absolute Gasteiger partial charge is 0.376 e. The highest BCUT2D eigenvalue weighted by Gasteiger charge is 2.19. The van der Waals surface area contributed by atoms with Crippen LogP contribution < -0.4 is 16.6 Å². The molecule has 1 aliphatic heterocycles. The lowest BCUT2D eigenvalue weighted by Gasteiger charge is -2.14. The molecule has 9 heteroatoms. The van der Waals surface area contributed by atoms with Crippen LogP contribution in [0.15, 0.2) is 45.3 Å². The summed E-state index contributed by atoms with van der Waals surface area (Å²) >= 11 is 7.15. The van der Waals surface area contributed by atoms with E-state index in [4.69, 9.17) is 16.3 Å². The lowest BCUT2D eigenvalue weighted by atomic mass is 10.2. The van der Waals surface area contributed by atoms with Crippen LogP contribution in [0.2, 0.25) is 5.02 Å². The van der Waals surface area contributed by atoms with Crippen LogP contribution in [-0.4, -0.2) is 34.3 Å². The quantitative estimate of drug-likeness (QED) is 0.687. The molecular weight excluding hydrogens is 402 g/mol. The second-order valence-electron chi connectivity index (χ2n) is 6.56. The molecule has 0 spiro atoms. The maximum Gasteiger partial charge on any atom is 0.336 e. The van der Waals surface area contributed by atoms with Gasteiger partial charge in [-0.25, -0.2) is 9.36 Å². The van der Waals surface area contributed by atoms with E-state index in [9.17, 15) is 14.4 Å². The van der Waals surface area contributed by atoms with Crippen LogP contribution in [0.1, 0.15) is 12.8 Å². The standard InChI is InChI=1S/C19H18ClN3O4S/c20-12-3-5-13(6-4-12)23-18(25)17-15(7-9-28-17)22(19(23)26)11-16(24)21-10-14-2-1-8-27-14/h3-7,9,14H,1-2,8,10-11H2,(H,21,24). The molecule has 1 aromatic carbocycles. The Hall–Kier alpha value is -2.42. The summed E-state index contributed by atoms with van der Waals surface area (Å²) < 4.78 is 8.32. The van der Waals surface area contributed by atoms with Crippen LogP contribution in [0.25, 0.3) is 15.9 Å². The minimum absolute atomic E-state index is 0.0184. The van der Waals surface area contributed by atoms with Crippen molar-refractivity contribution in [2.24, 2.45) is 0 Å². The first-order chi connectivity index (χ1) is 13.5. The van der Waals surface area contributed by atoms with E-state index in [0.717, 1.165) is 17.4 Å². The zero-order valence-electron chi connectivity index (χ0n) is 14.9. The van der Waals surface area contributed by atoms with E-state index in [1.165, 1.54) is 15.9 Å². The van der Waals surface area contributed by atoms with E-state index in [-0.39, 0.29) is 18.6 Å². The molecule has 3 aromatic rings. The molecule has 1 N–H and O–H groups in total. The summed E-state index contributed by atoms with van der Waals surface area (Å²) in [5.74, 6) is -0.300. The lowest BCUT2D eigenvalue weighted by molar-refractivity contribution is -0.122. The first kappa shape index (κ1) is 18.9. The van der Waals surface area contributed by atoms with Crippen LogP contribution in [-0.2, 0) is 16.1 Å². The van der Waals surface area contributed by atoms with Gasteiger partial charge in [0.25, 0.3) is 5.56 Å². The number of halogens is 1. The van der Waals surface area contributed by atoms with E-state index in [1.807, 2.05) is 0 Å². The van der Waals surface area contributed by atoms with E-state index in [0.29, 0.717) is 34.1 Å². The maximum absolute atomic E-state index is 13.1. The number of nitrogens with zero attached hydrogens (tertiary/aromatic N) is 2. The average Bonchev–Trinajstić information content (AvgIpc) is 3.37. The Balaban J connectivity index is 1.70. The molecule has 0 saturated carbocycles. The average molecular weight is 420 g/mol. The van der Waals surface area contributed by atoms with Gasteiger partial charge in [-0.2, -0.15) is 0 Å². The monoisotopic (exact) mass is 419 g/mol. The van der Waals surface area contributed by atoms with Crippen molar-refractivity contribution in [3.8, 4) is 5.69 Å². The number of benzene rings is 1. The molecular formula is C19H18ClN3O4S. The maximum atomic E-state index is 13.1. The first-order valence-corrected chi connectivity index (χ1v) is 10.2. The summed E-state index contributed by atoms with van der Waals surface area (Å²) in [6, 6.07) is 8.11. The van der Waals surface area contributed by atoms with Crippen molar-refractivity contribution < 1.29 is 9.53 Å². The molecule has 1 amide bonds. The number of nitrogens with one attached hydrogen (secondary N) is 1. The van der Waals surface area contributed by atoms with Crippen LogP contribution in [0.4, 0.5) is 0 Å². The number of aromatic nitrogens is 2. The predicted molar refractivity (Wildman–Crippen MR) is 109 cm³/mol. The van der Waals surface area contributed by atoms with Crippen LogP contribution in [0.3, 0.4) is 0 Å². The fourth-order valence-corrected chi connectivity index (χ4v) is 4.24. The molecule has 0 bridgehead atoms. The molecule has 146 valence electrons. The van der Waals surface area contributed by atoms with Gasteiger partial charge < -0.3 is 10.1 Å². The summed E-state index contributed by atoms with van der Waals surface area (Å²) in [5.41, 5.74) is -0.112. The number of rotatable bonds is 5. The molecule has 3 heterocycles. The second-order valence-corrected chi connectivity index (χ2v) is 7.91. The third-order valence-electron chi connectivity index (χ3n) is 4.69. The molecule has 28 heavy (non-hydrogen) atoms. The Morgan fingerprint density at radius 1 is 1.25 bits per heavy atom. The highest BCUT2D eigenvalue weighted by Crippen LogP contribution is 2.17. The molecule has 4 rings (SSSR count). The minimum atomic E-state index is -0.564. The van der Waals surface area contributed by atoms with Gasteiger partial charge in [0, 0.05) is 18.2 Å². The third-order valence-corrected chi connectivity index (χ3v) is 5.84. The summed E-state index contributed by atoms with van der Waals surface area (Å²) in [6.45, 7) is 0.950. The molecule has 1 unspecified atom stereocenters. The third kappa shape index (κ3) is 3.63. The molecule has 7 nitrogen and oxygen atoms in total. The van der Waals surface area contributed by atoms with E-state index in [2.05, 4.69) is 5.32 Å².